The van der Waals surface area contributed by atoms with Crippen LogP contribution in [-0.2, 0) is 35.2 Å². The Balaban J connectivity index is 0.000000163. The first-order chi connectivity index (χ1) is 38.9. The molecule has 9 N–H and O–H groups in total. The number of amidine groups is 3. The Morgan fingerprint density at radius 2 is 0.855 bits per heavy atom. The van der Waals surface area contributed by atoms with Gasteiger partial charge in [0, 0.05) is 71.4 Å². The van der Waals surface area contributed by atoms with E-state index in [-0.39, 0.29) is 46.9 Å². The predicted octanol–water partition coefficient (Wildman–Crippen LogP) is 3.73. The summed E-state index contributed by atoms with van der Waals surface area (Å²) in [4.78, 5) is 73.5. The van der Waals surface area contributed by atoms with Crippen LogP contribution in [0.2, 0.25) is 0 Å². The highest BCUT2D eigenvalue weighted by Crippen LogP contribution is 2.43. The number of carbonyl (C=O) groups is 6. The van der Waals surface area contributed by atoms with Gasteiger partial charge in [-0.1, -0.05) is 6.92 Å². The molecular weight excluding hydrogens is 1070 g/mol. The molecule has 0 aromatic heterocycles. The number of hydrogen-bond donors (Lipinski definition) is 9. The van der Waals surface area contributed by atoms with Crippen molar-refractivity contribution in [3.05, 3.63) is 58.7 Å². The maximum absolute atomic E-state index is 12.0. The number of nitrogens with zero attached hydrogens (tertiary/aromatic N) is 8. The summed E-state index contributed by atoms with van der Waals surface area (Å²) in [5.74, 6) is 1.88. The Morgan fingerprint density at radius 1 is 0.554 bits per heavy atom. The number of likely N-dealkylation sites (N-methyl/N-ethyl adjacent to an activating group) is 2. The first-order valence-corrected chi connectivity index (χ1v) is 27.4. The molecule has 26 heteroatoms. The third-order valence-electron chi connectivity index (χ3n) is 15.0. The smallest absolute Gasteiger partial charge is 0.300 e. The number of aryl methyl sites for hydroxylation is 3. The average molecular weight is 1150 g/mol. The Bertz CT molecular complexity index is 2950. The van der Waals surface area contributed by atoms with Crippen molar-refractivity contribution in [2.24, 2.45) is 20.7 Å². The molecule has 0 aliphatic carbocycles. The summed E-state index contributed by atoms with van der Waals surface area (Å²) < 4.78 is 17.5. The number of likely N-dealkylation sites (tertiary alicyclic amines) is 2. The third kappa shape index (κ3) is 14.7. The maximum Gasteiger partial charge on any atom is 0.300 e. The summed E-state index contributed by atoms with van der Waals surface area (Å²) in [6, 6.07) is 11.6. The van der Waals surface area contributed by atoms with Gasteiger partial charge in [0.2, 0.25) is 0 Å². The molecular formula is C57H80N14O12. The molecule has 3 saturated heterocycles. The van der Waals surface area contributed by atoms with E-state index in [0.29, 0.717) is 25.2 Å². The van der Waals surface area contributed by atoms with Crippen molar-refractivity contribution in [2.45, 2.75) is 119 Å². The van der Waals surface area contributed by atoms with Gasteiger partial charge in [-0.2, -0.15) is 15.3 Å². The number of aliphatic carboxylic acids is 3. The standard InChI is InChI=1S/2C17H23N5O2.C17H22N4O2.3C2H4O2/c2*1-10-5-14-13(6-12(10)18-17(3)8-21(4)9-17)22-11(2)16(23)20-19-15(22)7-24-14;1-10-4-14-13(5-12(10)6-17(3)8-18-9-17)21-11(2)16(22)20-19-15(21)7-23-14;3*1-2(3)4/h2*5-6,11,18H,7-9H2,1-4H3,(H,20,23);4-5,11,18H,6-9H2,1-3H3,(H,20,22);3*1H3,(H,3,4)/t2*11-;;;;/m10..../s1. The molecule has 9 aliphatic heterocycles. The molecule has 3 aromatic rings. The summed E-state index contributed by atoms with van der Waals surface area (Å²) >= 11 is 0. The van der Waals surface area contributed by atoms with Crippen molar-refractivity contribution in [1.29, 1.82) is 0 Å². The predicted molar refractivity (Wildman–Crippen MR) is 316 cm³/mol. The minimum absolute atomic E-state index is 0.0745. The van der Waals surface area contributed by atoms with Crippen LogP contribution in [-0.4, -0.2) is 181 Å². The van der Waals surface area contributed by atoms with Crippen LogP contribution >= 0.6 is 0 Å². The van der Waals surface area contributed by atoms with Gasteiger partial charge in [-0.15, -0.1) is 0 Å². The van der Waals surface area contributed by atoms with Gasteiger partial charge in [0.1, 0.15) is 55.2 Å². The fraction of sp³-hybridized carbons (Fsp3) is 0.526. The van der Waals surface area contributed by atoms with Crippen molar-refractivity contribution >= 4 is 81.6 Å². The second-order valence-corrected chi connectivity index (χ2v) is 23.4. The molecule has 3 amide bonds. The van der Waals surface area contributed by atoms with Crippen molar-refractivity contribution in [1.82, 2.24) is 31.4 Å². The molecule has 9 heterocycles. The Morgan fingerprint density at radius 3 is 1.14 bits per heavy atom. The van der Waals surface area contributed by atoms with E-state index in [1.54, 1.807) is 0 Å². The van der Waals surface area contributed by atoms with Crippen molar-refractivity contribution in [3.8, 4) is 17.2 Å². The van der Waals surface area contributed by atoms with Gasteiger partial charge in [0.25, 0.3) is 35.6 Å². The van der Waals surface area contributed by atoms with Crippen LogP contribution in [0.3, 0.4) is 0 Å². The highest BCUT2D eigenvalue weighted by molar-refractivity contribution is 6.11. The van der Waals surface area contributed by atoms with E-state index in [4.69, 9.17) is 43.9 Å². The summed E-state index contributed by atoms with van der Waals surface area (Å²) in [6.07, 6.45) is 1.03. The number of rotatable bonds is 6. The molecule has 3 aromatic carbocycles. The van der Waals surface area contributed by atoms with E-state index in [2.05, 4.69) is 137 Å². The number of ether oxygens (including phenoxy) is 3. The molecule has 26 nitrogen and oxygen atoms in total. The number of carboxylic acid groups (broad SMARTS) is 3. The fourth-order valence-electron chi connectivity index (χ4n) is 11.3. The lowest BCUT2D eigenvalue weighted by molar-refractivity contribution is -0.135. The SMILES string of the molecule is CC(=O)O.CC(=O)O.CC(=O)O.Cc1cc2c(cc1CC1(C)CNC1)N1C(=NNC(=O)C1C)CO2.Cc1cc2c(cc1NC1(C)CN(C)C1)N1C(=NNC(=O)[C@@H]1C)CO2.Cc1cc2c(cc1NC1(C)CN(C)C1)N1C(=NNC(=O)[C@H]1C)CO2. The van der Waals surface area contributed by atoms with Crippen molar-refractivity contribution in [3.63, 3.8) is 0 Å². The number of fused-ring (bicyclic) bond motifs is 9. The zero-order chi connectivity index (χ0) is 61.0. The maximum atomic E-state index is 12.0. The van der Waals surface area contributed by atoms with Crippen molar-refractivity contribution in [2.75, 3.05) is 98.5 Å². The van der Waals surface area contributed by atoms with Crippen LogP contribution in [0.1, 0.15) is 84.6 Å². The number of carboxylic acids is 3. The van der Waals surface area contributed by atoms with Crippen LogP contribution in [0.15, 0.2) is 51.7 Å². The Kier molecular flexibility index (Phi) is 18.9. The number of anilines is 5. The van der Waals surface area contributed by atoms with Gasteiger partial charge < -0.3 is 70.0 Å². The van der Waals surface area contributed by atoms with Gasteiger partial charge in [0.15, 0.2) is 17.5 Å². The second kappa shape index (κ2) is 25.1. The van der Waals surface area contributed by atoms with E-state index in [9.17, 15) is 14.4 Å². The van der Waals surface area contributed by atoms with Gasteiger partial charge in [-0.25, -0.2) is 16.3 Å². The monoisotopic (exact) mass is 1150 g/mol. The summed E-state index contributed by atoms with van der Waals surface area (Å²) in [6.45, 7) is 29.2. The lowest BCUT2D eigenvalue weighted by atomic mass is 9.77. The first kappa shape index (κ1) is 62.4. The van der Waals surface area contributed by atoms with Crippen LogP contribution in [0.4, 0.5) is 28.4 Å². The molecule has 12 rings (SSSR count). The van der Waals surface area contributed by atoms with Crippen LogP contribution in [0.25, 0.3) is 0 Å². The minimum Gasteiger partial charge on any atom is -0.483 e. The molecule has 3 atom stereocenters. The molecule has 0 spiro atoms. The molecule has 83 heavy (non-hydrogen) atoms. The molecule has 1 unspecified atom stereocenters. The van der Waals surface area contributed by atoms with Crippen LogP contribution in [0.5, 0.6) is 17.2 Å². The average Bonchev–Trinajstić information content (AvgIpc) is 1.80. The lowest BCUT2D eigenvalue weighted by Crippen LogP contribution is -2.62. The zero-order valence-electron chi connectivity index (χ0n) is 49.9. The molecule has 3 fully saturated rings. The van der Waals surface area contributed by atoms with E-state index < -0.39 is 17.9 Å². The van der Waals surface area contributed by atoms with E-state index in [0.717, 1.165) is 141 Å². The second-order valence-electron chi connectivity index (χ2n) is 23.4. The fourth-order valence-corrected chi connectivity index (χ4v) is 11.3. The van der Waals surface area contributed by atoms with E-state index >= 15 is 0 Å². The van der Waals surface area contributed by atoms with E-state index in [1.807, 2.05) is 47.6 Å². The molecule has 0 saturated carbocycles. The highest BCUT2D eigenvalue weighted by atomic mass is 16.5. The van der Waals surface area contributed by atoms with Gasteiger partial charge in [-0.05, 0) is 140 Å². The largest absolute Gasteiger partial charge is 0.483 e. The third-order valence-corrected chi connectivity index (χ3v) is 15.0. The van der Waals surface area contributed by atoms with Crippen LogP contribution in [0, 0.1) is 26.2 Å². The van der Waals surface area contributed by atoms with Crippen LogP contribution < -0.4 is 61.1 Å². The normalized spacial score (nSPS) is 22.1. The van der Waals surface area contributed by atoms with Gasteiger partial charge in [-0.3, -0.25) is 28.8 Å². The topological polar surface area (TPSA) is 316 Å². The highest BCUT2D eigenvalue weighted by Gasteiger charge is 2.42. The minimum atomic E-state index is -0.833. The number of nitrogens with one attached hydrogen (secondary N) is 6. The molecule has 9 aliphatic rings. The Labute approximate surface area is 483 Å². The van der Waals surface area contributed by atoms with Gasteiger partial charge in [0.05, 0.1) is 28.1 Å². The van der Waals surface area contributed by atoms with E-state index in [1.165, 1.54) is 11.1 Å². The molecule has 0 radical (unpaired) electrons. The Hall–Kier alpha value is -8.23. The quantitative estimate of drug-likeness (QED) is 0.170. The molecule has 0 bridgehead atoms. The van der Waals surface area contributed by atoms with Gasteiger partial charge >= 0.3 is 0 Å². The lowest BCUT2D eigenvalue weighted by Gasteiger charge is -2.47. The zero-order valence-corrected chi connectivity index (χ0v) is 49.9. The van der Waals surface area contributed by atoms with Crippen molar-refractivity contribution < 1.29 is 58.3 Å². The number of amides is 3. The summed E-state index contributed by atoms with van der Waals surface area (Å²) in [5, 5.41) is 45.3. The summed E-state index contributed by atoms with van der Waals surface area (Å²) in [7, 11) is 4.24. The number of hydrogen-bond acceptors (Lipinski definition) is 20. The number of carbonyl (C=O) groups excluding carboxylic acids is 3. The number of hydrazone groups is 3. The number of benzene rings is 3. The summed E-state index contributed by atoms with van der Waals surface area (Å²) in [5.41, 5.74) is 17.9. The first-order valence-electron chi connectivity index (χ1n) is 27.4. The molecule has 450 valence electrons.